The van der Waals surface area contributed by atoms with Gasteiger partial charge in [0.2, 0.25) is 10.0 Å². The van der Waals surface area contributed by atoms with E-state index in [2.05, 4.69) is 14.4 Å². The van der Waals surface area contributed by atoms with Crippen LogP contribution in [0.25, 0.3) is 0 Å². The van der Waals surface area contributed by atoms with Crippen LogP contribution >= 0.6 is 0 Å². The number of fused-ring (bicyclic) bond motifs is 1. The predicted molar refractivity (Wildman–Crippen MR) is 79.0 cm³/mol. The number of aromatic nitrogens is 1. The molecule has 3 rings (SSSR count). The van der Waals surface area contributed by atoms with Crippen molar-refractivity contribution in [2.24, 2.45) is 0 Å². The highest BCUT2D eigenvalue weighted by Crippen LogP contribution is 2.22. The topological polar surface area (TPSA) is 102 Å². The van der Waals surface area contributed by atoms with Crippen molar-refractivity contribution in [3.05, 3.63) is 42.3 Å². The number of rotatable bonds is 5. The Morgan fingerprint density at radius 1 is 1.30 bits per heavy atom. The van der Waals surface area contributed by atoms with Crippen molar-refractivity contribution in [3.8, 4) is 5.75 Å². The maximum atomic E-state index is 12.1. The summed E-state index contributed by atoms with van der Waals surface area (Å²) in [5, 5.41) is 3.36. The Morgan fingerprint density at radius 2 is 2.13 bits per heavy atom. The zero-order valence-electron chi connectivity index (χ0n) is 12.1. The molecule has 0 unspecified atom stereocenters. The first-order chi connectivity index (χ1) is 11.1. The Hall–Kier alpha value is -2.39. The van der Waals surface area contributed by atoms with Crippen LogP contribution in [0.15, 0.2) is 46.1 Å². The minimum atomic E-state index is -3.68. The van der Waals surface area contributed by atoms with E-state index < -0.39 is 10.0 Å². The summed E-state index contributed by atoms with van der Waals surface area (Å²) in [6, 6.07) is 7.39. The Balaban J connectivity index is 1.63. The highest BCUT2D eigenvalue weighted by Gasteiger charge is 2.22. The molecule has 9 heteroatoms. The van der Waals surface area contributed by atoms with Crippen molar-refractivity contribution >= 4 is 15.9 Å². The van der Waals surface area contributed by atoms with E-state index in [1.54, 1.807) is 11.0 Å². The van der Waals surface area contributed by atoms with Crippen LogP contribution in [0.1, 0.15) is 5.56 Å². The third kappa shape index (κ3) is 3.51. The molecule has 0 atom stereocenters. The second-order valence-corrected chi connectivity index (χ2v) is 6.74. The normalized spacial score (nSPS) is 15.0. The monoisotopic (exact) mass is 337 g/mol. The van der Waals surface area contributed by atoms with Gasteiger partial charge in [0.25, 0.3) is 5.91 Å². The molecular weight excluding hydrogens is 322 g/mol. The maximum absolute atomic E-state index is 12.1. The second kappa shape index (κ2) is 6.39. The fourth-order valence-electron chi connectivity index (χ4n) is 2.23. The maximum Gasteiger partial charge on any atom is 0.260 e. The van der Waals surface area contributed by atoms with E-state index in [-0.39, 0.29) is 30.5 Å². The van der Waals surface area contributed by atoms with Gasteiger partial charge in [0.05, 0.1) is 6.20 Å². The van der Waals surface area contributed by atoms with Crippen LogP contribution in [0.2, 0.25) is 0 Å². The van der Waals surface area contributed by atoms with Crippen LogP contribution < -0.4 is 9.46 Å². The van der Waals surface area contributed by atoms with E-state index in [0.29, 0.717) is 12.3 Å². The zero-order chi connectivity index (χ0) is 16.3. The van der Waals surface area contributed by atoms with Gasteiger partial charge < -0.3 is 14.2 Å². The highest BCUT2D eigenvalue weighted by atomic mass is 32.2. The number of carbonyl (C=O) groups is 1. The standard InChI is InChI=1S/C14H15N3O5S/c18-14-10-21-13-4-2-1-3-11(13)8-17(14)6-5-16-23(19,20)12-7-15-22-9-12/h1-4,7,9,16H,5-6,8,10H2. The van der Waals surface area contributed by atoms with Crippen LogP contribution in [0, 0.1) is 0 Å². The molecule has 2 heterocycles. The van der Waals surface area contributed by atoms with E-state index in [1.807, 2.05) is 18.2 Å². The number of para-hydroxylation sites is 1. The number of hydrogen-bond donors (Lipinski definition) is 1. The quantitative estimate of drug-likeness (QED) is 0.846. The fraction of sp³-hybridized carbons (Fsp3) is 0.286. The number of hydrogen-bond acceptors (Lipinski definition) is 6. The van der Waals surface area contributed by atoms with Crippen LogP contribution in [0.3, 0.4) is 0 Å². The summed E-state index contributed by atoms with van der Waals surface area (Å²) >= 11 is 0. The van der Waals surface area contributed by atoms with Gasteiger partial charge in [-0.05, 0) is 6.07 Å². The number of nitrogens with zero attached hydrogens (tertiary/aromatic N) is 2. The van der Waals surface area contributed by atoms with Gasteiger partial charge in [-0.25, -0.2) is 13.1 Å². The number of nitrogens with one attached hydrogen (secondary N) is 1. The van der Waals surface area contributed by atoms with E-state index in [1.165, 1.54) is 0 Å². The van der Waals surface area contributed by atoms with Gasteiger partial charge in [0.15, 0.2) is 6.61 Å². The molecule has 0 saturated heterocycles. The summed E-state index contributed by atoms with van der Waals surface area (Å²) in [5.74, 6) is 0.485. The van der Waals surface area contributed by atoms with Crippen LogP contribution in [0.4, 0.5) is 0 Å². The SMILES string of the molecule is O=C1COc2ccccc2CN1CCNS(=O)(=O)c1cnoc1. The first kappa shape index (κ1) is 15.5. The molecule has 1 amide bonds. The van der Waals surface area contributed by atoms with E-state index in [4.69, 9.17) is 4.74 Å². The summed E-state index contributed by atoms with van der Waals surface area (Å²) in [6.07, 6.45) is 2.16. The van der Waals surface area contributed by atoms with E-state index >= 15 is 0 Å². The lowest BCUT2D eigenvalue weighted by atomic mass is 10.2. The van der Waals surface area contributed by atoms with Crippen molar-refractivity contribution in [2.75, 3.05) is 19.7 Å². The molecule has 0 bridgehead atoms. The molecule has 0 saturated carbocycles. The van der Waals surface area contributed by atoms with Gasteiger partial charge in [-0.1, -0.05) is 23.4 Å². The molecule has 0 aliphatic carbocycles. The first-order valence-corrected chi connectivity index (χ1v) is 8.42. The number of ether oxygens (including phenoxy) is 1. The van der Waals surface area contributed by atoms with Crippen molar-refractivity contribution in [1.29, 1.82) is 0 Å². The Morgan fingerprint density at radius 3 is 2.91 bits per heavy atom. The van der Waals surface area contributed by atoms with Crippen LogP contribution in [0.5, 0.6) is 5.75 Å². The van der Waals surface area contributed by atoms with E-state index in [0.717, 1.165) is 18.0 Å². The molecule has 1 aliphatic heterocycles. The lowest BCUT2D eigenvalue weighted by molar-refractivity contribution is -0.133. The number of sulfonamides is 1. The third-order valence-corrected chi connectivity index (χ3v) is 4.84. The predicted octanol–water partition coefficient (Wildman–Crippen LogP) is 0.374. The lowest BCUT2D eigenvalue weighted by Gasteiger charge is -2.20. The van der Waals surface area contributed by atoms with Crippen molar-refractivity contribution in [2.45, 2.75) is 11.4 Å². The van der Waals surface area contributed by atoms with Crippen LogP contribution in [-0.4, -0.2) is 44.1 Å². The average Bonchev–Trinajstić information content (AvgIpc) is 3.03. The van der Waals surface area contributed by atoms with Gasteiger partial charge in [0, 0.05) is 25.2 Å². The Kier molecular flexibility index (Phi) is 4.30. The highest BCUT2D eigenvalue weighted by molar-refractivity contribution is 7.89. The van der Waals surface area contributed by atoms with E-state index in [9.17, 15) is 13.2 Å². The summed E-state index contributed by atoms with van der Waals surface area (Å²) in [4.78, 5) is 13.6. The van der Waals surface area contributed by atoms with Gasteiger partial charge in [0.1, 0.15) is 16.9 Å². The number of amides is 1. The van der Waals surface area contributed by atoms with Gasteiger partial charge in [-0.15, -0.1) is 0 Å². The average molecular weight is 337 g/mol. The summed E-state index contributed by atoms with van der Waals surface area (Å²) in [7, 11) is -3.68. The molecule has 1 aliphatic rings. The van der Waals surface area contributed by atoms with Gasteiger partial charge in [-0.2, -0.15) is 0 Å². The first-order valence-electron chi connectivity index (χ1n) is 6.94. The Labute approximate surface area is 133 Å². The van der Waals surface area contributed by atoms with Crippen molar-refractivity contribution < 1.29 is 22.5 Å². The molecule has 0 fully saturated rings. The second-order valence-electron chi connectivity index (χ2n) is 4.97. The number of benzene rings is 1. The molecule has 0 radical (unpaired) electrons. The largest absolute Gasteiger partial charge is 0.483 e. The summed E-state index contributed by atoms with van der Waals surface area (Å²) in [6.45, 7) is 0.641. The van der Waals surface area contributed by atoms with Crippen molar-refractivity contribution in [3.63, 3.8) is 0 Å². The minimum absolute atomic E-state index is 0.0478. The fourth-order valence-corrected chi connectivity index (χ4v) is 3.11. The lowest BCUT2D eigenvalue weighted by Crippen LogP contribution is -2.39. The summed E-state index contributed by atoms with van der Waals surface area (Å²) < 4.78 is 36.3. The minimum Gasteiger partial charge on any atom is -0.483 e. The van der Waals surface area contributed by atoms with Crippen molar-refractivity contribution in [1.82, 2.24) is 14.8 Å². The molecule has 122 valence electrons. The smallest absolute Gasteiger partial charge is 0.260 e. The molecule has 1 aromatic carbocycles. The molecular formula is C14H15N3O5S. The summed E-state index contributed by atoms with van der Waals surface area (Å²) in [5.41, 5.74) is 0.889. The molecule has 1 aromatic heterocycles. The molecule has 23 heavy (non-hydrogen) atoms. The van der Waals surface area contributed by atoms with Crippen LogP contribution in [-0.2, 0) is 21.4 Å². The molecule has 0 spiro atoms. The van der Waals surface area contributed by atoms with Gasteiger partial charge in [-0.3, -0.25) is 4.79 Å². The Bertz CT molecular complexity index is 789. The third-order valence-electron chi connectivity index (χ3n) is 3.43. The molecule has 2 aromatic rings. The zero-order valence-corrected chi connectivity index (χ0v) is 13.0. The van der Waals surface area contributed by atoms with Gasteiger partial charge >= 0.3 is 0 Å². The number of carbonyl (C=O) groups excluding carboxylic acids is 1. The molecule has 8 nitrogen and oxygen atoms in total. The molecule has 1 N–H and O–H groups in total.